The first kappa shape index (κ1) is 13.1. The minimum Gasteiger partial charge on any atom is -0.481 e. The summed E-state index contributed by atoms with van der Waals surface area (Å²) in [6.45, 7) is 4.23. The molecule has 0 aromatic carbocycles. The van der Waals surface area contributed by atoms with Gasteiger partial charge in [-0.15, -0.1) is 0 Å². The quantitative estimate of drug-likeness (QED) is 0.579. The summed E-state index contributed by atoms with van der Waals surface area (Å²) in [5.74, 6) is -1.04. The summed E-state index contributed by atoms with van der Waals surface area (Å²) in [5.41, 5.74) is 0. The molecule has 0 bridgehead atoms. The fourth-order valence-electron chi connectivity index (χ4n) is 1.19. The van der Waals surface area contributed by atoms with Crippen LogP contribution in [0.25, 0.3) is 0 Å². The van der Waals surface area contributed by atoms with Gasteiger partial charge in [0.15, 0.2) is 0 Å². The smallest absolute Gasteiger partial charge is 0.305 e. The van der Waals surface area contributed by atoms with E-state index in [0.29, 0.717) is 6.54 Å². The number of hydrogen-bond acceptors (Lipinski definition) is 3. The molecule has 0 aliphatic heterocycles. The number of carboxylic acids is 1. The lowest BCUT2D eigenvalue weighted by molar-refractivity contribution is -0.139. The second-order valence-corrected chi connectivity index (χ2v) is 3.42. The van der Waals surface area contributed by atoms with Crippen molar-refractivity contribution in [2.24, 2.45) is 0 Å². The molecule has 1 atom stereocenters. The summed E-state index contributed by atoms with van der Waals surface area (Å²) in [5, 5.41) is 11.5. The van der Waals surface area contributed by atoms with Crippen LogP contribution < -0.4 is 5.32 Å². The zero-order valence-electron chi connectivity index (χ0n) is 8.88. The van der Waals surface area contributed by atoms with E-state index in [-0.39, 0.29) is 12.2 Å². The van der Waals surface area contributed by atoms with E-state index in [2.05, 4.69) is 12.2 Å². The number of ketones is 1. The molecule has 0 fully saturated rings. The van der Waals surface area contributed by atoms with Gasteiger partial charge < -0.3 is 10.4 Å². The highest BCUT2D eigenvalue weighted by Gasteiger charge is 2.16. The first-order chi connectivity index (χ1) is 6.57. The molecule has 0 amide bonds. The Morgan fingerprint density at radius 1 is 1.36 bits per heavy atom. The molecule has 0 spiro atoms. The summed E-state index contributed by atoms with van der Waals surface area (Å²) in [7, 11) is 0. The summed E-state index contributed by atoms with van der Waals surface area (Å²) >= 11 is 0. The molecule has 0 saturated carbocycles. The Labute approximate surface area is 84.7 Å². The SMILES string of the molecule is CCCCCNC(CC(=O)O)C(C)=O. The lowest BCUT2D eigenvalue weighted by Crippen LogP contribution is -2.37. The van der Waals surface area contributed by atoms with Gasteiger partial charge in [-0.3, -0.25) is 9.59 Å². The van der Waals surface area contributed by atoms with Crippen LogP contribution in [-0.2, 0) is 9.59 Å². The van der Waals surface area contributed by atoms with Crippen molar-refractivity contribution in [3.63, 3.8) is 0 Å². The van der Waals surface area contributed by atoms with Crippen LogP contribution in [-0.4, -0.2) is 29.4 Å². The summed E-state index contributed by atoms with van der Waals surface area (Å²) in [4.78, 5) is 21.4. The minimum atomic E-state index is -0.937. The Morgan fingerprint density at radius 3 is 2.43 bits per heavy atom. The van der Waals surface area contributed by atoms with E-state index >= 15 is 0 Å². The van der Waals surface area contributed by atoms with E-state index < -0.39 is 12.0 Å². The van der Waals surface area contributed by atoms with Crippen LogP contribution in [0.4, 0.5) is 0 Å². The molecule has 0 aromatic heterocycles. The maximum atomic E-state index is 11.0. The zero-order chi connectivity index (χ0) is 11.0. The predicted octanol–water partition coefficient (Wildman–Crippen LogP) is 1.20. The highest BCUT2D eigenvalue weighted by Crippen LogP contribution is 1.97. The highest BCUT2D eigenvalue weighted by molar-refractivity contribution is 5.85. The van der Waals surface area contributed by atoms with Crippen molar-refractivity contribution in [3.8, 4) is 0 Å². The highest BCUT2D eigenvalue weighted by atomic mass is 16.4. The topological polar surface area (TPSA) is 66.4 Å². The Bertz CT molecular complexity index is 192. The van der Waals surface area contributed by atoms with Crippen molar-refractivity contribution in [1.29, 1.82) is 0 Å². The summed E-state index contributed by atoms with van der Waals surface area (Å²) < 4.78 is 0. The van der Waals surface area contributed by atoms with Crippen LogP contribution in [0, 0.1) is 0 Å². The molecule has 82 valence electrons. The molecule has 1 unspecified atom stereocenters. The largest absolute Gasteiger partial charge is 0.481 e. The molecule has 14 heavy (non-hydrogen) atoms. The lowest BCUT2D eigenvalue weighted by Gasteiger charge is -2.13. The number of hydrogen-bond donors (Lipinski definition) is 2. The molecule has 0 aromatic rings. The van der Waals surface area contributed by atoms with Gasteiger partial charge in [-0.2, -0.15) is 0 Å². The molecule has 0 radical (unpaired) electrons. The van der Waals surface area contributed by atoms with E-state index in [1.54, 1.807) is 0 Å². The number of carbonyl (C=O) groups excluding carboxylic acids is 1. The predicted molar refractivity (Wildman–Crippen MR) is 54.2 cm³/mol. The van der Waals surface area contributed by atoms with Crippen molar-refractivity contribution in [3.05, 3.63) is 0 Å². The van der Waals surface area contributed by atoms with E-state index in [1.165, 1.54) is 6.92 Å². The number of Topliss-reactive ketones (excluding diaryl/α,β-unsaturated/α-hetero) is 1. The van der Waals surface area contributed by atoms with Gasteiger partial charge in [-0.05, 0) is 19.9 Å². The normalized spacial score (nSPS) is 12.4. The van der Waals surface area contributed by atoms with Crippen molar-refractivity contribution >= 4 is 11.8 Å². The van der Waals surface area contributed by atoms with Gasteiger partial charge in [0.05, 0.1) is 12.5 Å². The van der Waals surface area contributed by atoms with E-state index in [0.717, 1.165) is 19.3 Å². The molecule has 4 heteroatoms. The zero-order valence-corrected chi connectivity index (χ0v) is 8.88. The maximum Gasteiger partial charge on any atom is 0.305 e. The lowest BCUT2D eigenvalue weighted by atomic mass is 10.1. The Balaban J connectivity index is 3.74. The van der Waals surface area contributed by atoms with E-state index in [9.17, 15) is 9.59 Å². The van der Waals surface area contributed by atoms with Crippen LogP contribution in [0.1, 0.15) is 39.5 Å². The van der Waals surface area contributed by atoms with Crippen LogP contribution in [0.5, 0.6) is 0 Å². The molecule has 0 aliphatic carbocycles. The third-order valence-corrected chi connectivity index (χ3v) is 2.04. The van der Waals surface area contributed by atoms with Gasteiger partial charge >= 0.3 is 5.97 Å². The number of unbranched alkanes of at least 4 members (excludes halogenated alkanes) is 2. The Morgan fingerprint density at radius 2 is 2.00 bits per heavy atom. The second kappa shape index (κ2) is 7.50. The Hall–Kier alpha value is -0.900. The standard InChI is InChI=1S/C10H19NO3/c1-3-4-5-6-11-9(8(2)12)7-10(13)14/h9,11H,3-7H2,1-2H3,(H,13,14). The van der Waals surface area contributed by atoms with Crippen LogP contribution in [0.3, 0.4) is 0 Å². The number of rotatable bonds is 8. The molecule has 2 N–H and O–H groups in total. The van der Waals surface area contributed by atoms with Crippen molar-refractivity contribution in [2.75, 3.05) is 6.54 Å². The van der Waals surface area contributed by atoms with E-state index in [1.807, 2.05) is 0 Å². The van der Waals surface area contributed by atoms with E-state index in [4.69, 9.17) is 5.11 Å². The van der Waals surface area contributed by atoms with Gasteiger partial charge in [-0.1, -0.05) is 19.8 Å². The van der Waals surface area contributed by atoms with Gasteiger partial charge in [-0.25, -0.2) is 0 Å². The molecule has 0 rings (SSSR count). The first-order valence-electron chi connectivity index (χ1n) is 5.03. The third-order valence-electron chi connectivity index (χ3n) is 2.04. The van der Waals surface area contributed by atoms with Crippen molar-refractivity contribution in [2.45, 2.75) is 45.6 Å². The van der Waals surface area contributed by atoms with Crippen molar-refractivity contribution < 1.29 is 14.7 Å². The monoisotopic (exact) mass is 201 g/mol. The van der Waals surface area contributed by atoms with Crippen LogP contribution >= 0.6 is 0 Å². The maximum absolute atomic E-state index is 11.0. The number of nitrogens with one attached hydrogen (secondary N) is 1. The molecule has 0 heterocycles. The fraction of sp³-hybridized carbons (Fsp3) is 0.800. The Kier molecular flexibility index (Phi) is 7.02. The average molecular weight is 201 g/mol. The number of carbonyl (C=O) groups is 2. The second-order valence-electron chi connectivity index (χ2n) is 3.42. The summed E-state index contributed by atoms with van der Waals surface area (Å²) in [6, 6.07) is -0.524. The van der Waals surface area contributed by atoms with Crippen LogP contribution in [0.2, 0.25) is 0 Å². The molecule has 4 nitrogen and oxygen atoms in total. The molecule has 0 saturated heterocycles. The van der Waals surface area contributed by atoms with Gasteiger partial charge in [0, 0.05) is 0 Å². The number of carboxylic acid groups (broad SMARTS) is 1. The van der Waals surface area contributed by atoms with Gasteiger partial charge in [0.1, 0.15) is 5.78 Å². The average Bonchev–Trinajstić information content (AvgIpc) is 2.09. The summed E-state index contributed by atoms with van der Waals surface area (Å²) in [6.07, 6.45) is 3.08. The third kappa shape index (κ3) is 6.60. The first-order valence-corrected chi connectivity index (χ1v) is 5.03. The number of aliphatic carboxylic acids is 1. The van der Waals surface area contributed by atoms with Gasteiger partial charge in [0.2, 0.25) is 0 Å². The molecular weight excluding hydrogens is 182 g/mol. The minimum absolute atomic E-state index is 0.108. The van der Waals surface area contributed by atoms with Crippen molar-refractivity contribution in [1.82, 2.24) is 5.32 Å². The van der Waals surface area contributed by atoms with Gasteiger partial charge in [0.25, 0.3) is 0 Å². The fourth-order valence-corrected chi connectivity index (χ4v) is 1.19. The molecule has 0 aliphatic rings. The molecular formula is C10H19NO3. The van der Waals surface area contributed by atoms with Crippen LogP contribution in [0.15, 0.2) is 0 Å².